The number of carbonyl (C=O) groups excluding carboxylic acids is 2. The average Bonchev–Trinajstić information content (AvgIpc) is 2.59. The van der Waals surface area contributed by atoms with Gasteiger partial charge in [-0.3, -0.25) is 4.79 Å². The molecule has 2 rings (SSSR count). The maximum atomic E-state index is 12.1. The van der Waals surface area contributed by atoms with E-state index in [1.165, 1.54) is 31.3 Å². The average molecular weight is 354 g/mol. The maximum absolute atomic E-state index is 12.1. The highest BCUT2D eigenvalue weighted by molar-refractivity contribution is 7.89. The van der Waals surface area contributed by atoms with E-state index >= 15 is 0 Å². The van der Waals surface area contributed by atoms with Gasteiger partial charge < -0.3 is 9.64 Å². The summed E-state index contributed by atoms with van der Waals surface area (Å²) >= 11 is 0. The van der Waals surface area contributed by atoms with Gasteiger partial charge in [0, 0.05) is 13.1 Å². The van der Waals surface area contributed by atoms with Crippen LogP contribution in [0.2, 0.25) is 0 Å². The molecule has 1 N–H and O–H groups in total. The molecular weight excluding hydrogens is 332 g/mol. The maximum Gasteiger partial charge on any atom is 0.338 e. The summed E-state index contributed by atoms with van der Waals surface area (Å²) in [5.41, 5.74) is 0.0890. The molecule has 132 valence electrons. The number of amides is 1. The second kappa shape index (κ2) is 7.76. The van der Waals surface area contributed by atoms with Crippen molar-refractivity contribution in [3.63, 3.8) is 0 Å². The Morgan fingerprint density at radius 1 is 1.38 bits per heavy atom. The Kier molecular flexibility index (Phi) is 5.95. The van der Waals surface area contributed by atoms with Crippen LogP contribution in [0.15, 0.2) is 29.2 Å². The number of sulfonamides is 1. The Balaban J connectivity index is 1.98. The number of likely N-dealkylation sites (tertiary alicyclic amines) is 1. The third-order valence-electron chi connectivity index (χ3n) is 3.99. The van der Waals surface area contributed by atoms with Gasteiger partial charge in [-0.25, -0.2) is 17.9 Å². The number of benzene rings is 1. The summed E-state index contributed by atoms with van der Waals surface area (Å²) in [6.07, 6.45) is 2.04. The Hall–Kier alpha value is -1.93. The largest absolute Gasteiger partial charge is 0.452 e. The molecule has 24 heavy (non-hydrogen) atoms. The molecule has 1 heterocycles. The molecule has 1 atom stereocenters. The fourth-order valence-corrected chi connectivity index (χ4v) is 3.40. The van der Waals surface area contributed by atoms with Crippen molar-refractivity contribution in [3.05, 3.63) is 29.8 Å². The van der Waals surface area contributed by atoms with Crippen molar-refractivity contribution >= 4 is 21.9 Å². The normalized spacial score (nSPS) is 18.2. The van der Waals surface area contributed by atoms with Gasteiger partial charge in [-0.2, -0.15) is 0 Å². The van der Waals surface area contributed by atoms with E-state index in [0.717, 1.165) is 12.8 Å². The first-order valence-electron chi connectivity index (χ1n) is 7.82. The van der Waals surface area contributed by atoms with Crippen molar-refractivity contribution in [2.75, 3.05) is 26.7 Å². The zero-order chi connectivity index (χ0) is 17.7. The van der Waals surface area contributed by atoms with E-state index < -0.39 is 16.0 Å². The molecule has 7 nitrogen and oxygen atoms in total. The molecule has 1 saturated heterocycles. The number of esters is 1. The van der Waals surface area contributed by atoms with Crippen LogP contribution in [0.4, 0.5) is 0 Å². The first kappa shape index (κ1) is 18.4. The van der Waals surface area contributed by atoms with Gasteiger partial charge in [0.1, 0.15) is 0 Å². The highest BCUT2D eigenvalue weighted by atomic mass is 32.2. The van der Waals surface area contributed by atoms with Crippen LogP contribution in [0.3, 0.4) is 0 Å². The van der Waals surface area contributed by atoms with Crippen LogP contribution in [0.25, 0.3) is 0 Å². The quantitative estimate of drug-likeness (QED) is 0.797. The van der Waals surface area contributed by atoms with Gasteiger partial charge in [0.25, 0.3) is 5.91 Å². The predicted molar refractivity (Wildman–Crippen MR) is 87.9 cm³/mol. The molecule has 1 aliphatic rings. The van der Waals surface area contributed by atoms with Gasteiger partial charge in [-0.1, -0.05) is 13.0 Å². The lowest BCUT2D eigenvalue weighted by Gasteiger charge is -2.30. The van der Waals surface area contributed by atoms with E-state index in [1.54, 1.807) is 4.90 Å². The van der Waals surface area contributed by atoms with Crippen LogP contribution in [-0.4, -0.2) is 51.9 Å². The number of rotatable bonds is 5. The summed E-state index contributed by atoms with van der Waals surface area (Å²) in [5, 5.41) is 0. The van der Waals surface area contributed by atoms with Crippen LogP contribution in [0.5, 0.6) is 0 Å². The number of piperidine rings is 1. The van der Waals surface area contributed by atoms with E-state index in [1.807, 2.05) is 0 Å². The molecule has 0 aliphatic carbocycles. The Bertz CT molecular complexity index is 717. The van der Waals surface area contributed by atoms with Gasteiger partial charge in [0.05, 0.1) is 10.5 Å². The SMILES string of the molecule is CNS(=O)(=O)c1cccc(C(=O)OCC(=O)N2CCCC(C)C2)c1. The molecule has 8 heteroatoms. The topological polar surface area (TPSA) is 92.8 Å². The number of carbonyl (C=O) groups is 2. The van der Waals surface area contributed by atoms with Crippen molar-refractivity contribution in [3.8, 4) is 0 Å². The van der Waals surface area contributed by atoms with Crippen LogP contribution >= 0.6 is 0 Å². The minimum atomic E-state index is -3.64. The first-order valence-corrected chi connectivity index (χ1v) is 9.30. The Morgan fingerprint density at radius 2 is 2.12 bits per heavy atom. The fourth-order valence-electron chi connectivity index (χ4n) is 2.63. The zero-order valence-corrected chi connectivity index (χ0v) is 14.6. The number of nitrogens with one attached hydrogen (secondary N) is 1. The minimum Gasteiger partial charge on any atom is -0.452 e. The second-order valence-corrected chi connectivity index (χ2v) is 7.79. The number of hydrogen-bond donors (Lipinski definition) is 1. The van der Waals surface area contributed by atoms with Crippen molar-refractivity contribution < 1.29 is 22.7 Å². The van der Waals surface area contributed by atoms with E-state index in [2.05, 4.69) is 11.6 Å². The lowest BCUT2D eigenvalue weighted by molar-refractivity contribution is -0.136. The highest BCUT2D eigenvalue weighted by Gasteiger charge is 2.22. The lowest BCUT2D eigenvalue weighted by Crippen LogP contribution is -2.41. The summed E-state index contributed by atoms with van der Waals surface area (Å²) in [6, 6.07) is 5.50. The summed E-state index contributed by atoms with van der Waals surface area (Å²) in [5.74, 6) is -0.503. The summed E-state index contributed by atoms with van der Waals surface area (Å²) in [7, 11) is -2.35. The molecule has 1 amide bonds. The molecule has 1 aromatic rings. The Labute approximate surface area is 142 Å². The van der Waals surface area contributed by atoms with E-state index in [0.29, 0.717) is 19.0 Å². The molecule has 0 radical (unpaired) electrons. The van der Waals surface area contributed by atoms with E-state index in [-0.39, 0.29) is 23.0 Å². The molecule has 1 fully saturated rings. The second-order valence-electron chi connectivity index (χ2n) is 5.90. The molecule has 1 unspecified atom stereocenters. The third-order valence-corrected chi connectivity index (χ3v) is 5.40. The first-order chi connectivity index (χ1) is 11.3. The van der Waals surface area contributed by atoms with Crippen molar-refractivity contribution in [2.24, 2.45) is 5.92 Å². The van der Waals surface area contributed by atoms with Gasteiger partial charge >= 0.3 is 5.97 Å². The van der Waals surface area contributed by atoms with Gasteiger partial charge in [0.15, 0.2) is 6.61 Å². The van der Waals surface area contributed by atoms with Gasteiger partial charge in [-0.05, 0) is 44.0 Å². The molecule has 0 aromatic heterocycles. The van der Waals surface area contributed by atoms with Crippen molar-refractivity contribution in [1.82, 2.24) is 9.62 Å². The van der Waals surface area contributed by atoms with Crippen LogP contribution < -0.4 is 4.72 Å². The monoisotopic (exact) mass is 354 g/mol. The molecule has 0 bridgehead atoms. The molecule has 1 aromatic carbocycles. The smallest absolute Gasteiger partial charge is 0.338 e. The summed E-state index contributed by atoms with van der Waals surface area (Å²) in [4.78, 5) is 25.8. The fraction of sp³-hybridized carbons (Fsp3) is 0.500. The van der Waals surface area contributed by atoms with Crippen LogP contribution in [-0.2, 0) is 19.6 Å². The Morgan fingerprint density at radius 3 is 2.79 bits per heavy atom. The van der Waals surface area contributed by atoms with Crippen LogP contribution in [0.1, 0.15) is 30.1 Å². The van der Waals surface area contributed by atoms with Crippen molar-refractivity contribution in [1.29, 1.82) is 0 Å². The number of hydrogen-bond acceptors (Lipinski definition) is 5. The van der Waals surface area contributed by atoms with Gasteiger partial charge in [0.2, 0.25) is 10.0 Å². The van der Waals surface area contributed by atoms with Crippen molar-refractivity contribution in [2.45, 2.75) is 24.7 Å². The highest BCUT2D eigenvalue weighted by Crippen LogP contribution is 2.16. The summed E-state index contributed by atoms with van der Waals surface area (Å²) in [6.45, 7) is 3.09. The molecular formula is C16H22N2O5S. The van der Waals surface area contributed by atoms with Gasteiger partial charge in [-0.15, -0.1) is 0 Å². The van der Waals surface area contributed by atoms with E-state index in [9.17, 15) is 18.0 Å². The third kappa shape index (κ3) is 4.55. The zero-order valence-electron chi connectivity index (χ0n) is 13.8. The number of nitrogens with zero attached hydrogens (tertiary/aromatic N) is 1. The lowest BCUT2D eigenvalue weighted by atomic mass is 10.0. The van der Waals surface area contributed by atoms with Crippen LogP contribution in [0, 0.1) is 5.92 Å². The molecule has 0 spiro atoms. The summed E-state index contributed by atoms with van der Waals surface area (Å²) < 4.78 is 30.7. The van der Waals surface area contributed by atoms with E-state index in [4.69, 9.17) is 4.74 Å². The number of ether oxygens (including phenoxy) is 1. The molecule has 1 aliphatic heterocycles. The predicted octanol–water partition coefficient (Wildman–Crippen LogP) is 1.01. The molecule has 0 saturated carbocycles. The minimum absolute atomic E-state index is 0.0318. The standard InChI is InChI=1S/C16H22N2O5S/c1-12-5-4-8-18(10-12)15(19)11-23-16(20)13-6-3-7-14(9-13)24(21,22)17-2/h3,6-7,9,12,17H,4-5,8,10-11H2,1-2H3.